The first-order chi connectivity index (χ1) is 9.10. The van der Waals surface area contributed by atoms with Gasteiger partial charge in [0.2, 0.25) is 11.8 Å². The molecule has 1 aliphatic rings. The van der Waals surface area contributed by atoms with Gasteiger partial charge in [-0.2, -0.15) is 4.98 Å². The second-order valence-electron chi connectivity index (χ2n) is 4.23. The minimum Gasteiger partial charge on any atom is -0.304 e. The maximum Gasteiger partial charge on any atom is 0.330 e. The van der Waals surface area contributed by atoms with Gasteiger partial charge in [-0.05, 0) is 7.05 Å². The summed E-state index contributed by atoms with van der Waals surface area (Å²) >= 11 is 0. The van der Waals surface area contributed by atoms with Gasteiger partial charge in [-0.15, -0.1) is 0 Å². The van der Waals surface area contributed by atoms with Crippen molar-refractivity contribution >= 4 is 17.5 Å². The standard InChI is InChI=1S/C9H16N8O2/c1-15-2-4-16(5-3-15)14-8-7(17(18)19)6-11-9(12-8)13-10/h6H,2-5,10H2,1H3,(H2,11,12,13,14). The van der Waals surface area contributed by atoms with Crippen molar-refractivity contribution in [3.63, 3.8) is 0 Å². The number of nitrogen functional groups attached to an aromatic ring is 1. The van der Waals surface area contributed by atoms with Crippen LogP contribution in [0.2, 0.25) is 0 Å². The average Bonchev–Trinajstić information content (AvgIpc) is 2.41. The number of hydrogen-bond acceptors (Lipinski definition) is 9. The molecule has 19 heavy (non-hydrogen) atoms. The van der Waals surface area contributed by atoms with Crippen LogP contribution < -0.4 is 16.7 Å². The number of nitro groups is 1. The quantitative estimate of drug-likeness (QED) is 0.367. The summed E-state index contributed by atoms with van der Waals surface area (Å²) < 4.78 is 0. The summed E-state index contributed by atoms with van der Waals surface area (Å²) in [4.78, 5) is 20.3. The molecule has 10 heteroatoms. The molecule has 1 aromatic rings. The SMILES string of the molecule is CN1CCN(Nc2nc(NN)ncc2[N+](=O)[O-])CC1. The molecule has 1 aromatic heterocycles. The van der Waals surface area contributed by atoms with E-state index in [9.17, 15) is 10.1 Å². The Morgan fingerprint density at radius 2 is 2.11 bits per heavy atom. The van der Waals surface area contributed by atoms with Crippen LogP contribution in [-0.2, 0) is 0 Å². The summed E-state index contributed by atoms with van der Waals surface area (Å²) in [5, 5.41) is 12.8. The highest BCUT2D eigenvalue weighted by Gasteiger charge is 2.21. The number of likely N-dealkylation sites (N-methyl/N-ethyl adjacent to an activating group) is 1. The Kier molecular flexibility index (Phi) is 4.04. The lowest BCUT2D eigenvalue weighted by atomic mass is 10.4. The van der Waals surface area contributed by atoms with Crippen molar-refractivity contribution in [2.45, 2.75) is 0 Å². The van der Waals surface area contributed by atoms with E-state index in [1.807, 2.05) is 12.1 Å². The second kappa shape index (κ2) is 5.73. The number of nitrogens with zero attached hydrogens (tertiary/aromatic N) is 5. The van der Waals surface area contributed by atoms with E-state index < -0.39 is 4.92 Å². The lowest BCUT2D eigenvalue weighted by molar-refractivity contribution is -0.384. The highest BCUT2D eigenvalue weighted by atomic mass is 16.6. The molecule has 1 fully saturated rings. The van der Waals surface area contributed by atoms with Crippen molar-refractivity contribution < 1.29 is 4.92 Å². The highest BCUT2D eigenvalue weighted by molar-refractivity contribution is 5.56. The lowest BCUT2D eigenvalue weighted by Crippen LogP contribution is -2.47. The first kappa shape index (κ1) is 13.4. The van der Waals surface area contributed by atoms with Gasteiger partial charge in [0.1, 0.15) is 6.20 Å². The Morgan fingerprint density at radius 3 is 2.68 bits per heavy atom. The molecule has 10 nitrogen and oxygen atoms in total. The summed E-state index contributed by atoms with van der Waals surface area (Å²) in [6, 6.07) is 0. The number of hydrazine groups is 2. The fraction of sp³-hybridized carbons (Fsp3) is 0.556. The molecule has 104 valence electrons. The third-order valence-corrected chi connectivity index (χ3v) is 2.86. The smallest absolute Gasteiger partial charge is 0.304 e. The van der Waals surface area contributed by atoms with Crippen LogP contribution in [0.4, 0.5) is 17.5 Å². The molecule has 0 amide bonds. The van der Waals surface area contributed by atoms with Crippen LogP contribution in [-0.4, -0.2) is 58.0 Å². The molecule has 0 radical (unpaired) electrons. The number of anilines is 2. The van der Waals surface area contributed by atoms with Gasteiger partial charge in [-0.3, -0.25) is 21.0 Å². The van der Waals surface area contributed by atoms with Gasteiger partial charge in [-0.1, -0.05) is 0 Å². The predicted octanol–water partition coefficient (Wildman–Crippen LogP) is -0.755. The Bertz CT molecular complexity index is 460. The zero-order valence-electron chi connectivity index (χ0n) is 10.5. The van der Waals surface area contributed by atoms with E-state index in [0.717, 1.165) is 32.4 Å². The zero-order chi connectivity index (χ0) is 13.8. The molecule has 2 heterocycles. The van der Waals surface area contributed by atoms with Crippen LogP contribution in [0.15, 0.2) is 6.20 Å². The number of aromatic nitrogens is 2. The Morgan fingerprint density at radius 1 is 1.42 bits per heavy atom. The highest BCUT2D eigenvalue weighted by Crippen LogP contribution is 2.22. The van der Waals surface area contributed by atoms with Crippen molar-refractivity contribution in [3.05, 3.63) is 16.3 Å². The zero-order valence-corrected chi connectivity index (χ0v) is 10.5. The maximum absolute atomic E-state index is 10.9. The van der Waals surface area contributed by atoms with Crippen molar-refractivity contribution in [3.8, 4) is 0 Å². The third kappa shape index (κ3) is 3.24. The van der Waals surface area contributed by atoms with Gasteiger partial charge in [-0.25, -0.2) is 15.8 Å². The molecule has 1 saturated heterocycles. The first-order valence-electron chi connectivity index (χ1n) is 5.78. The lowest BCUT2D eigenvalue weighted by Gasteiger charge is -2.32. The molecule has 2 rings (SSSR count). The molecule has 0 saturated carbocycles. The molecule has 0 spiro atoms. The normalized spacial score (nSPS) is 17.2. The predicted molar refractivity (Wildman–Crippen MR) is 69.2 cm³/mol. The second-order valence-corrected chi connectivity index (χ2v) is 4.23. The Hall–Kier alpha value is -2.04. The fourth-order valence-corrected chi connectivity index (χ4v) is 1.73. The van der Waals surface area contributed by atoms with Crippen LogP contribution in [0.25, 0.3) is 0 Å². The van der Waals surface area contributed by atoms with Gasteiger partial charge in [0.25, 0.3) is 0 Å². The van der Waals surface area contributed by atoms with E-state index in [4.69, 9.17) is 5.84 Å². The number of rotatable bonds is 4. The minimum absolute atomic E-state index is 0.127. The number of piperazine rings is 1. The van der Waals surface area contributed by atoms with Gasteiger partial charge in [0.15, 0.2) is 0 Å². The molecule has 0 aromatic carbocycles. The van der Waals surface area contributed by atoms with Gasteiger partial charge in [0, 0.05) is 26.2 Å². The molecular weight excluding hydrogens is 252 g/mol. The van der Waals surface area contributed by atoms with E-state index in [1.54, 1.807) is 0 Å². The summed E-state index contributed by atoms with van der Waals surface area (Å²) in [7, 11) is 2.03. The summed E-state index contributed by atoms with van der Waals surface area (Å²) in [6.45, 7) is 3.27. The molecule has 0 unspecified atom stereocenters. The summed E-state index contributed by atoms with van der Waals surface area (Å²) in [5.41, 5.74) is 5.03. The molecule has 0 aliphatic carbocycles. The van der Waals surface area contributed by atoms with Crippen LogP contribution in [0.5, 0.6) is 0 Å². The topological polar surface area (TPSA) is 125 Å². The van der Waals surface area contributed by atoms with E-state index >= 15 is 0 Å². The molecule has 0 bridgehead atoms. The average molecular weight is 268 g/mol. The Labute approximate surface area is 109 Å². The third-order valence-electron chi connectivity index (χ3n) is 2.86. The Balaban J connectivity index is 2.15. The molecule has 0 atom stereocenters. The number of nitrogens with one attached hydrogen (secondary N) is 2. The fourth-order valence-electron chi connectivity index (χ4n) is 1.73. The number of hydrogen-bond donors (Lipinski definition) is 3. The van der Waals surface area contributed by atoms with Gasteiger partial charge < -0.3 is 4.90 Å². The van der Waals surface area contributed by atoms with Gasteiger partial charge >= 0.3 is 5.69 Å². The van der Waals surface area contributed by atoms with E-state index in [2.05, 4.69) is 25.7 Å². The molecular formula is C9H16N8O2. The summed E-state index contributed by atoms with van der Waals surface area (Å²) in [5.74, 6) is 5.47. The van der Waals surface area contributed by atoms with Crippen LogP contribution in [0.3, 0.4) is 0 Å². The molecule has 1 aliphatic heterocycles. The first-order valence-corrected chi connectivity index (χ1v) is 5.78. The van der Waals surface area contributed by atoms with E-state index in [1.165, 1.54) is 0 Å². The van der Waals surface area contributed by atoms with E-state index in [-0.39, 0.29) is 17.5 Å². The van der Waals surface area contributed by atoms with Gasteiger partial charge in [0.05, 0.1) is 4.92 Å². The van der Waals surface area contributed by atoms with Crippen LogP contribution >= 0.6 is 0 Å². The maximum atomic E-state index is 10.9. The van der Waals surface area contributed by atoms with Crippen molar-refractivity contribution in [1.29, 1.82) is 0 Å². The summed E-state index contributed by atoms with van der Waals surface area (Å²) in [6.07, 6.45) is 1.13. The van der Waals surface area contributed by atoms with Crippen LogP contribution in [0.1, 0.15) is 0 Å². The number of nitrogens with two attached hydrogens (primary N) is 1. The minimum atomic E-state index is -0.529. The monoisotopic (exact) mass is 268 g/mol. The molecule has 4 N–H and O–H groups in total. The van der Waals surface area contributed by atoms with Crippen molar-refractivity contribution in [2.75, 3.05) is 44.1 Å². The van der Waals surface area contributed by atoms with E-state index in [0.29, 0.717) is 0 Å². The van der Waals surface area contributed by atoms with Crippen molar-refractivity contribution in [2.24, 2.45) is 5.84 Å². The van der Waals surface area contributed by atoms with Crippen molar-refractivity contribution in [1.82, 2.24) is 19.9 Å². The largest absolute Gasteiger partial charge is 0.330 e. The van der Waals surface area contributed by atoms with Crippen LogP contribution in [0, 0.1) is 10.1 Å².